The number of nitrogens with two attached hydrogens (primary N) is 1. The topological polar surface area (TPSA) is 64.4 Å². The molecular weight excluding hydrogens is 252 g/mol. The van der Waals surface area contributed by atoms with E-state index in [9.17, 15) is 4.79 Å². The summed E-state index contributed by atoms with van der Waals surface area (Å²) in [5.41, 5.74) is 6.90. The van der Waals surface area contributed by atoms with E-state index in [0.717, 1.165) is 12.8 Å². The highest BCUT2D eigenvalue weighted by atomic mass is 35.5. The third-order valence-corrected chi connectivity index (χ3v) is 2.99. The number of hydrogen-bond donors (Lipinski definition) is 2. The smallest absolute Gasteiger partial charge is 0.251 e. The van der Waals surface area contributed by atoms with Crippen LogP contribution in [0.25, 0.3) is 0 Å². The van der Waals surface area contributed by atoms with E-state index in [1.54, 1.807) is 24.3 Å². The lowest BCUT2D eigenvalue weighted by atomic mass is 10.0. The molecule has 1 amide bonds. The van der Waals surface area contributed by atoms with Crippen molar-refractivity contribution in [2.75, 3.05) is 12.3 Å². The molecule has 100 valence electrons. The minimum Gasteiger partial charge on any atom is -0.399 e. The fourth-order valence-electron chi connectivity index (χ4n) is 2.03. The minimum absolute atomic E-state index is 0. The monoisotopic (exact) mass is 270 g/mol. The van der Waals surface area contributed by atoms with Crippen LogP contribution in [0, 0.1) is 0 Å². The molecule has 1 aromatic rings. The standard InChI is InChI=1S/C13H18N2O2.ClH/c1-9-8-12(6-7-17-9)15-13(16)10-2-4-11(14)5-3-10;/h2-5,9,12H,6-8,14H2,1H3,(H,15,16);1H. The number of benzene rings is 1. The lowest BCUT2D eigenvalue weighted by Crippen LogP contribution is -2.41. The van der Waals surface area contributed by atoms with E-state index in [1.165, 1.54) is 0 Å². The summed E-state index contributed by atoms with van der Waals surface area (Å²) in [6.07, 6.45) is 1.98. The SMILES string of the molecule is CC1CC(NC(=O)c2ccc(N)cc2)CCO1.Cl. The average molecular weight is 271 g/mol. The highest BCUT2D eigenvalue weighted by Crippen LogP contribution is 2.14. The number of halogens is 1. The van der Waals surface area contributed by atoms with Crippen molar-refractivity contribution in [2.24, 2.45) is 0 Å². The number of amides is 1. The van der Waals surface area contributed by atoms with E-state index in [2.05, 4.69) is 5.32 Å². The molecule has 2 atom stereocenters. The first-order chi connectivity index (χ1) is 8.15. The molecule has 0 saturated carbocycles. The van der Waals surface area contributed by atoms with Gasteiger partial charge < -0.3 is 15.8 Å². The van der Waals surface area contributed by atoms with E-state index in [-0.39, 0.29) is 30.5 Å². The lowest BCUT2D eigenvalue weighted by Gasteiger charge is -2.27. The van der Waals surface area contributed by atoms with Gasteiger partial charge in [0.2, 0.25) is 0 Å². The molecule has 1 saturated heterocycles. The molecule has 3 N–H and O–H groups in total. The summed E-state index contributed by atoms with van der Waals surface area (Å²) in [6.45, 7) is 2.75. The Morgan fingerprint density at radius 3 is 2.67 bits per heavy atom. The molecule has 4 nitrogen and oxygen atoms in total. The summed E-state index contributed by atoms with van der Waals surface area (Å²) in [5.74, 6) is -0.0379. The maximum atomic E-state index is 11.9. The number of nitrogen functional groups attached to an aromatic ring is 1. The molecule has 5 heteroatoms. The predicted molar refractivity (Wildman–Crippen MR) is 74.0 cm³/mol. The van der Waals surface area contributed by atoms with Crippen molar-refractivity contribution in [1.82, 2.24) is 5.32 Å². The van der Waals surface area contributed by atoms with Crippen molar-refractivity contribution in [3.8, 4) is 0 Å². The fraction of sp³-hybridized carbons (Fsp3) is 0.462. The maximum Gasteiger partial charge on any atom is 0.251 e. The minimum atomic E-state index is -0.0379. The highest BCUT2D eigenvalue weighted by Gasteiger charge is 2.21. The number of rotatable bonds is 2. The van der Waals surface area contributed by atoms with E-state index < -0.39 is 0 Å². The Balaban J connectivity index is 0.00000162. The number of nitrogens with one attached hydrogen (secondary N) is 1. The van der Waals surface area contributed by atoms with Gasteiger partial charge in [0.15, 0.2) is 0 Å². The van der Waals surface area contributed by atoms with Gasteiger partial charge in [0.25, 0.3) is 5.91 Å². The molecule has 0 spiro atoms. The summed E-state index contributed by atoms with van der Waals surface area (Å²) < 4.78 is 5.44. The molecule has 0 bridgehead atoms. The molecule has 18 heavy (non-hydrogen) atoms. The molecule has 0 aliphatic carbocycles. The zero-order valence-electron chi connectivity index (χ0n) is 10.4. The normalized spacial score (nSPS) is 22.9. The van der Waals surface area contributed by atoms with Crippen molar-refractivity contribution in [2.45, 2.75) is 31.9 Å². The molecule has 2 unspecified atom stereocenters. The largest absolute Gasteiger partial charge is 0.399 e. The quantitative estimate of drug-likeness (QED) is 0.808. The number of carbonyl (C=O) groups excluding carboxylic acids is 1. The lowest BCUT2D eigenvalue weighted by molar-refractivity contribution is 0.0136. The van der Waals surface area contributed by atoms with Crippen LogP contribution in [0.4, 0.5) is 5.69 Å². The number of carbonyl (C=O) groups is 1. The molecule has 1 aromatic carbocycles. The first kappa shape index (κ1) is 14.8. The van der Waals surface area contributed by atoms with Crippen LogP contribution in [-0.4, -0.2) is 24.7 Å². The second-order valence-corrected chi connectivity index (χ2v) is 4.50. The highest BCUT2D eigenvalue weighted by molar-refractivity contribution is 5.94. The van der Waals surface area contributed by atoms with Gasteiger partial charge in [-0.05, 0) is 44.0 Å². The maximum absolute atomic E-state index is 11.9. The predicted octanol–water partition coefficient (Wildman–Crippen LogP) is 1.99. The number of ether oxygens (including phenoxy) is 1. The summed E-state index contributed by atoms with van der Waals surface area (Å²) in [7, 11) is 0. The van der Waals surface area contributed by atoms with Crippen LogP contribution < -0.4 is 11.1 Å². The summed E-state index contributed by atoms with van der Waals surface area (Å²) in [4.78, 5) is 11.9. The van der Waals surface area contributed by atoms with Crippen LogP contribution in [0.15, 0.2) is 24.3 Å². The molecule has 1 fully saturated rings. The molecule has 1 heterocycles. The van der Waals surface area contributed by atoms with E-state index in [0.29, 0.717) is 17.9 Å². The number of hydrogen-bond acceptors (Lipinski definition) is 3. The van der Waals surface area contributed by atoms with Gasteiger partial charge in [-0.15, -0.1) is 12.4 Å². The van der Waals surface area contributed by atoms with E-state index in [4.69, 9.17) is 10.5 Å². The van der Waals surface area contributed by atoms with Gasteiger partial charge >= 0.3 is 0 Å². The Hall–Kier alpha value is -1.26. The molecular formula is C13H19ClN2O2. The second-order valence-electron chi connectivity index (χ2n) is 4.50. The zero-order chi connectivity index (χ0) is 12.3. The van der Waals surface area contributed by atoms with Crippen LogP contribution in [0.3, 0.4) is 0 Å². The second kappa shape index (κ2) is 6.61. The summed E-state index contributed by atoms with van der Waals surface area (Å²) >= 11 is 0. The average Bonchev–Trinajstić information content (AvgIpc) is 2.29. The third kappa shape index (κ3) is 3.89. The summed E-state index contributed by atoms with van der Waals surface area (Å²) in [6, 6.07) is 7.17. The molecule has 0 radical (unpaired) electrons. The Labute approximate surface area is 113 Å². The summed E-state index contributed by atoms with van der Waals surface area (Å²) in [5, 5.41) is 3.03. The zero-order valence-corrected chi connectivity index (χ0v) is 11.2. The molecule has 1 aliphatic heterocycles. The third-order valence-electron chi connectivity index (χ3n) is 2.99. The van der Waals surface area contributed by atoms with Crippen LogP contribution in [0.5, 0.6) is 0 Å². The van der Waals surface area contributed by atoms with Gasteiger partial charge in [-0.3, -0.25) is 4.79 Å². The van der Waals surface area contributed by atoms with Gasteiger partial charge in [0, 0.05) is 23.9 Å². The van der Waals surface area contributed by atoms with Gasteiger partial charge in [-0.25, -0.2) is 0 Å². The fourth-order valence-corrected chi connectivity index (χ4v) is 2.03. The number of anilines is 1. The molecule has 1 aliphatic rings. The van der Waals surface area contributed by atoms with Crippen LogP contribution in [0.2, 0.25) is 0 Å². The van der Waals surface area contributed by atoms with Crippen LogP contribution >= 0.6 is 12.4 Å². The van der Waals surface area contributed by atoms with Crippen molar-refractivity contribution < 1.29 is 9.53 Å². The Kier molecular flexibility index (Phi) is 5.44. The first-order valence-corrected chi connectivity index (χ1v) is 5.93. The first-order valence-electron chi connectivity index (χ1n) is 5.93. The molecule has 2 rings (SSSR count). The van der Waals surface area contributed by atoms with Crippen molar-refractivity contribution >= 4 is 24.0 Å². The van der Waals surface area contributed by atoms with Crippen molar-refractivity contribution in [3.63, 3.8) is 0 Å². The molecule has 0 aromatic heterocycles. The van der Waals surface area contributed by atoms with Gasteiger partial charge in [0.05, 0.1) is 6.10 Å². The van der Waals surface area contributed by atoms with Gasteiger partial charge in [0.1, 0.15) is 0 Å². The van der Waals surface area contributed by atoms with Crippen LogP contribution in [-0.2, 0) is 4.74 Å². The van der Waals surface area contributed by atoms with Gasteiger partial charge in [-0.1, -0.05) is 0 Å². The Morgan fingerprint density at radius 2 is 2.06 bits per heavy atom. The van der Waals surface area contributed by atoms with Crippen molar-refractivity contribution in [3.05, 3.63) is 29.8 Å². The Bertz CT molecular complexity index is 394. The van der Waals surface area contributed by atoms with E-state index in [1.807, 2.05) is 6.92 Å². The van der Waals surface area contributed by atoms with Crippen molar-refractivity contribution in [1.29, 1.82) is 0 Å². The van der Waals surface area contributed by atoms with Crippen LogP contribution in [0.1, 0.15) is 30.1 Å². The Morgan fingerprint density at radius 1 is 1.39 bits per heavy atom. The van der Waals surface area contributed by atoms with Gasteiger partial charge in [-0.2, -0.15) is 0 Å². The van der Waals surface area contributed by atoms with E-state index >= 15 is 0 Å².